The van der Waals surface area contributed by atoms with Crippen LogP contribution < -0.4 is 10.1 Å². The van der Waals surface area contributed by atoms with Gasteiger partial charge in [0.25, 0.3) is 0 Å². The van der Waals surface area contributed by atoms with Crippen molar-refractivity contribution in [2.45, 2.75) is 39.8 Å². The van der Waals surface area contributed by atoms with Crippen LogP contribution in [0.2, 0.25) is 0 Å². The van der Waals surface area contributed by atoms with Crippen molar-refractivity contribution in [2.75, 3.05) is 7.05 Å². The molecule has 0 fully saturated rings. The van der Waals surface area contributed by atoms with E-state index in [4.69, 9.17) is 4.74 Å². The second kappa shape index (κ2) is 7.28. The lowest BCUT2D eigenvalue weighted by Crippen LogP contribution is -2.09. The summed E-state index contributed by atoms with van der Waals surface area (Å²) in [7, 11) is 1.97. The molecule has 0 saturated heterocycles. The van der Waals surface area contributed by atoms with Gasteiger partial charge < -0.3 is 10.1 Å². The number of benzene rings is 2. The standard InChI is InChI=1S/C19H25NO/c1-14(2)16-10-9-15(3)19(11-16)21-13-18-8-6-5-7-17(18)12-20-4/h5-11,14,20H,12-13H2,1-4H3. The molecule has 0 heterocycles. The lowest BCUT2D eigenvalue weighted by atomic mass is 10.0. The molecule has 0 radical (unpaired) electrons. The first kappa shape index (κ1) is 15.6. The molecule has 0 aliphatic carbocycles. The van der Waals surface area contributed by atoms with Gasteiger partial charge in [0.15, 0.2) is 0 Å². The van der Waals surface area contributed by atoms with Gasteiger partial charge in [0, 0.05) is 6.54 Å². The summed E-state index contributed by atoms with van der Waals surface area (Å²) in [4.78, 5) is 0. The Kier molecular flexibility index (Phi) is 5.40. The molecule has 0 aliphatic rings. The van der Waals surface area contributed by atoms with E-state index in [0.29, 0.717) is 12.5 Å². The third-order valence-electron chi connectivity index (χ3n) is 3.75. The van der Waals surface area contributed by atoms with Crippen LogP contribution in [-0.4, -0.2) is 7.05 Å². The fraction of sp³-hybridized carbons (Fsp3) is 0.368. The zero-order chi connectivity index (χ0) is 15.2. The third-order valence-corrected chi connectivity index (χ3v) is 3.75. The number of ether oxygens (including phenoxy) is 1. The highest BCUT2D eigenvalue weighted by molar-refractivity contribution is 5.38. The molecule has 2 aromatic carbocycles. The van der Waals surface area contributed by atoms with Gasteiger partial charge in [-0.05, 0) is 48.2 Å². The van der Waals surface area contributed by atoms with Gasteiger partial charge in [-0.2, -0.15) is 0 Å². The van der Waals surface area contributed by atoms with Crippen molar-refractivity contribution in [2.24, 2.45) is 0 Å². The molecule has 2 rings (SSSR count). The van der Waals surface area contributed by atoms with E-state index in [1.807, 2.05) is 7.05 Å². The van der Waals surface area contributed by atoms with Crippen LogP contribution in [-0.2, 0) is 13.2 Å². The monoisotopic (exact) mass is 283 g/mol. The van der Waals surface area contributed by atoms with Crippen LogP contribution >= 0.6 is 0 Å². The summed E-state index contributed by atoms with van der Waals surface area (Å²) in [6, 6.07) is 14.9. The van der Waals surface area contributed by atoms with Crippen LogP contribution in [0, 0.1) is 6.92 Å². The number of hydrogen-bond donors (Lipinski definition) is 1. The number of nitrogens with one attached hydrogen (secondary N) is 1. The van der Waals surface area contributed by atoms with Crippen LogP contribution in [0.25, 0.3) is 0 Å². The third kappa shape index (κ3) is 4.08. The molecule has 0 atom stereocenters. The van der Waals surface area contributed by atoms with Crippen LogP contribution in [0.3, 0.4) is 0 Å². The van der Waals surface area contributed by atoms with E-state index in [-0.39, 0.29) is 0 Å². The summed E-state index contributed by atoms with van der Waals surface area (Å²) in [6.45, 7) is 7.98. The molecule has 0 unspecified atom stereocenters. The first-order valence-electron chi connectivity index (χ1n) is 7.56. The quantitative estimate of drug-likeness (QED) is 0.847. The Bertz CT molecular complexity index is 590. The Morgan fingerprint density at radius 1 is 1.05 bits per heavy atom. The molecule has 0 aromatic heterocycles. The van der Waals surface area contributed by atoms with Crippen molar-refractivity contribution in [1.29, 1.82) is 0 Å². The van der Waals surface area contributed by atoms with Crippen LogP contribution in [0.5, 0.6) is 5.75 Å². The Labute approximate surface area is 128 Å². The summed E-state index contributed by atoms with van der Waals surface area (Å²) in [5.74, 6) is 1.50. The predicted molar refractivity (Wildman–Crippen MR) is 88.8 cm³/mol. The molecule has 0 aliphatic heterocycles. The second-order valence-electron chi connectivity index (χ2n) is 5.77. The van der Waals surface area contributed by atoms with E-state index in [9.17, 15) is 0 Å². The largest absolute Gasteiger partial charge is 0.489 e. The lowest BCUT2D eigenvalue weighted by molar-refractivity contribution is 0.302. The molecule has 0 bridgehead atoms. The van der Waals surface area contributed by atoms with Crippen LogP contribution in [0.15, 0.2) is 42.5 Å². The van der Waals surface area contributed by atoms with Gasteiger partial charge in [-0.3, -0.25) is 0 Å². The summed E-state index contributed by atoms with van der Waals surface area (Å²) < 4.78 is 6.07. The molecule has 1 N–H and O–H groups in total. The maximum atomic E-state index is 6.07. The average molecular weight is 283 g/mol. The van der Waals surface area contributed by atoms with Crippen molar-refractivity contribution in [3.8, 4) is 5.75 Å². The minimum absolute atomic E-state index is 0.518. The minimum Gasteiger partial charge on any atom is -0.489 e. The summed E-state index contributed by atoms with van der Waals surface area (Å²) in [5.41, 5.74) is 5.03. The van der Waals surface area contributed by atoms with Gasteiger partial charge in [0.1, 0.15) is 12.4 Å². The number of aryl methyl sites for hydroxylation is 1. The average Bonchev–Trinajstić information content (AvgIpc) is 2.48. The molecular formula is C19H25NO. The maximum Gasteiger partial charge on any atom is 0.123 e. The van der Waals surface area contributed by atoms with Gasteiger partial charge in [0.05, 0.1) is 0 Å². The SMILES string of the molecule is CNCc1ccccc1COc1cc(C(C)C)ccc1C. The molecule has 2 nitrogen and oxygen atoms in total. The maximum absolute atomic E-state index is 6.07. The number of hydrogen-bond acceptors (Lipinski definition) is 2. The first-order chi connectivity index (χ1) is 10.1. The highest BCUT2D eigenvalue weighted by atomic mass is 16.5. The summed E-state index contributed by atoms with van der Waals surface area (Å²) in [5, 5.41) is 3.20. The van der Waals surface area contributed by atoms with Crippen LogP contribution in [0.1, 0.15) is 42.0 Å². The molecule has 21 heavy (non-hydrogen) atoms. The fourth-order valence-corrected chi connectivity index (χ4v) is 2.35. The highest BCUT2D eigenvalue weighted by Crippen LogP contribution is 2.25. The second-order valence-corrected chi connectivity index (χ2v) is 5.77. The molecule has 112 valence electrons. The van der Waals surface area contributed by atoms with Crippen molar-refractivity contribution < 1.29 is 4.74 Å². The van der Waals surface area contributed by atoms with Crippen molar-refractivity contribution in [3.63, 3.8) is 0 Å². The minimum atomic E-state index is 0.518. The van der Waals surface area contributed by atoms with E-state index in [2.05, 4.69) is 68.6 Å². The Morgan fingerprint density at radius 2 is 1.76 bits per heavy atom. The summed E-state index contributed by atoms with van der Waals surface area (Å²) in [6.07, 6.45) is 0. The Balaban J connectivity index is 2.14. The molecular weight excluding hydrogens is 258 g/mol. The molecule has 0 saturated carbocycles. The first-order valence-corrected chi connectivity index (χ1v) is 7.56. The molecule has 2 aromatic rings. The summed E-state index contributed by atoms with van der Waals surface area (Å²) >= 11 is 0. The molecule has 0 amide bonds. The Morgan fingerprint density at radius 3 is 2.43 bits per heavy atom. The molecule has 2 heteroatoms. The normalized spacial score (nSPS) is 10.9. The van der Waals surface area contributed by atoms with Gasteiger partial charge in [0.2, 0.25) is 0 Å². The van der Waals surface area contributed by atoms with Crippen molar-refractivity contribution in [3.05, 3.63) is 64.7 Å². The van der Waals surface area contributed by atoms with E-state index in [1.54, 1.807) is 0 Å². The van der Waals surface area contributed by atoms with Crippen molar-refractivity contribution in [1.82, 2.24) is 5.32 Å². The fourth-order valence-electron chi connectivity index (χ4n) is 2.35. The highest BCUT2D eigenvalue weighted by Gasteiger charge is 2.07. The van der Waals surface area contributed by atoms with Crippen LogP contribution in [0.4, 0.5) is 0 Å². The zero-order valence-corrected chi connectivity index (χ0v) is 13.4. The lowest BCUT2D eigenvalue weighted by Gasteiger charge is -2.14. The van der Waals surface area contributed by atoms with Gasteiger partial charge in [-0.25, -0.2) is 0 Å². The van der Waals surface area contributed by atoms with E-state index < -0.39 is 0 Å². The van der Waals surface area contributed by atoms with E-state index >= 15 is 0 Å². The van der Waals surface area contributed by atoms with Gasteiger partial charge in [-0.1, -0.05) is 50.2 Å². The molecule has 0 spiro atoms. The van der Waals surface area contributed by atoms with Gasteiger partial charge in [-0.15, -0.1) is 0 Å². The number of rotatable bonds is 6. The zero-order valence-electron chi connectivity index (χ0n) is 13.4. The van der Waals surface area contributed by atoms with E-state index in [1.165, 1.54) is 22.3 Å². The topological polar surface area (TPSA) is 21.3 Å². The smallest absolute Gasteiger partial charge is 0.123 e. The predicted octanol–water partition coefficient (Wildman–Crippen LogP) is 4.42. The van der Waals surface area contributed by atoms with E-state index in [0.717, 1.165) is 12.3 Å². The van der Waals surface area contributed by atoms with Gasteiger partial charge >= 0.3 is 0 Å². The Hall–Kier alpha value is -1.80. The van der Waals surface area contributed by atoms with Crippen molar-refractivity contribution >= 4 is 0 Å².